The predicted molar refractivity (Wildman–Crippen MR) is 46.9 cm³/mol. The van der Waals surface area contributed by atoms with Crippen molar-refractivity contribution in [2.45, 2.75) is 39.3 Å². The summed E-state index contributed by atoms with van der Waals surface area (Å²) in [6.45, 7) is 6.26. The quantitative estimate of drug-likeness (QED) is 0.597. The van der Waals surface area contributed by atoms with Gasteiger partial charge in [-0.05, 0) is 6.42 Å². The van der Waals surface area contributed by atoms with Gasteiger partial charge in [0.25, 0.3) is 0 Å². The summed E-state index contributed by atoms with van der Waals surface area (Å²) < 4.78 is 0. The number of ketones is 1. The number of aliphatic hydroxyl groups excluding tert-OH is 1. The van der Waals surface area contributed by atoms with Crippen LogP contribution in [-0.2, 0) is 4.79 Å². The molecule has 1 saturated heterocycles. The molecule has 0 radical (unpaired) electrons. The van der Waals surface area contributed by atoms with Crippen molar-refractivity contribution >= 4 is 5.78 Å². The van der Waals surface area contributed by atoms with Gasteiger partial charge < -0.3 is 10.4 Å². The van der Waals surface area contributed by atoms with Crippen LogP contribution >= 0.6 is 0 Å². The van der Waals surface area contributed by atoms with E-state index < -0.39 is 0 Å². The van der Waals surface area contributed by atoms with Crippen molar-refractivity contribution in [3.8, 4) is 0 Å². The van der Waals surface area contributed by atoms with Crippen molar-refractivity contribution in [2.24, 2.45) is 5.41 Å². The summed E-state index contributed by atoms with van der Waals surface area (Å²) in [4.78, 5) is 11.6. The Bertz CT molecular complexity index is 183. The van der Waals surface area contributed by atoms with Gasteiger partial charge in [-0.15, -0.1) is 0 Å². The molecule has 1 aliphatic rings. The van der Waals surface area contributed by atoms with Gasteiger partial charge in [-0.3, -0.25) is 4.79 Å². The molecule has 2 unspecified atom stereocenters. The molecule has 0 saturated carbocycles. The van der Waals surface area contributed by atoms with Gasteiger partial charge in [0.15, 0.2) is 5.78 Å². The van der Waals surface area contributed by atoms with E-state index in [1.807, 2.05) is 20.8 Å². The van der Waals surface area contributed by atoms with Crippen LogP contribution in [-0.4, -0.2) is 29.6 Å². The molecule has 1 aliphatic heterocycles. The molecule has 0 aromatic heterocycles. The summed E-state index contributed by atoms with van der Waals surface area (Å²) in [5, 5.41) is 12.2. The van der Waals surface area contributed by atoms with Gasteiger partial charge in [-0.2, -0.15) is 0 Å². The van der Waals surface area contributed by atoms with E-state index in [1.54, 1.807) is 0 Å². The van der Waals surface area contributed by atoms with Crippen molar-refractivity contribution in [3.63, 3.8) is 0 Å². The molecule has 70 valence electrons. The molecule has 0 aromatic rings. The molecule has 0 amide bonds. The van der Waals surface area contributed by atoms with Crippen LogP contribution in [0.5, 0.6) is 0 Å². The third kappa shape index (κ3) is 2.05. The maximum Gasteiger partial charge on any atom is 0.155 e. The molecular weight excluding hydrogens is 154 g/mol. The Morgan fingerprint density at radius 3 is 2.42 bits per heavy atom. The number of aliphatic hydroxyl groups is 1. The Morgan fingerprint density at radius 2 is 2.08 bits per heavy atom. The lowest BCUT2D eigenvalue weighted by molar-refractivity contribution is -0.128. The lowest BCUT2D eigenvalue weighted by Gasteiger charge is -2.21. The van der Waals surface area contributed by atoms with Gasteiger partial charge >= 0.3 is 0 Å². The largest absolute Gasteiger partial charge is 0.392 e. The molecule has 2 atom stereocenters. The first kappa shape index (κ1) is 9.68. The molecule has 2 N–H and O–H groups in total. The summed E-state index contributed by atoms with van der Waals surface area (Å²) >= 11 is 0. The molecular formula is C9H17NO2. The number of nitrogens with one attached hydrogen (secondary N) is 1. The first-order chi connectivity index (χ1) is 5.41. The summed E-state index contributed by atoms with van der Waals surface area (Å²) in [5.41, 5.74) is -0.304. The van der Waals surface area contributed by atoms with E-state index in [1.165, 1.54) is 0 Å². The third-order valence-corrected chi connectivity index (χ3v) is 2.16. The predicted octanol–water partition coefficient (Wildman–Crippen LogP) is 0.324. The fraction of sp³-hybridized carbons (Fsp3) is 0.889. The topological polar surface area (TPSA) is 49.3 Å². The average molecular weight is 171 g/mol. The Kier molecular flexibility index (Phi) is 2.54. The van der Waals surface area contributed by atoms with Gasteiger partial charge in [-0.25, -0.2) is 0 Å². The van der Waals surface area contributed by atoms with Gasteiger partial charge in [0.05, 0.1) is 12.1 Å². The van der Waals surface area contributed by atoms with Gasteiger partial charge in [0.2, 0.25) is 0 Å². The van der Waals surface area contributed by atoms with Crippen LogP contribution in [0, 0.1) is 5.41 Å². The van der Waals surface area contributed by atoms with Crippen molar-refractivity contribution in [1.82, 2.24) is 5.32 Å². The van der Waals surface area contributed by atoms with E-state index in [4.69, 9.17) is 0 Å². The second kappa shape index (κ2) is 3.15. The molecule has 3 nitrogen and oxygen atoms in total. The number of carbonyl (C=O) groups is 1. The Labute approximate surface area is 73.2 Å². The molecule has 1 heterocycles. The molecule has 1 fully saturated rings. The number of rotatable bonds is 1. The van der Waals surface area contributed by atoms with Crippen LogP contribution in [0.4, 0.5) is 0 Å². The maximum atomic E-state index is 11.6. The second-order valence-corrected chi connectivity index (χ2v) is 4.46. The van der Waals surface area contributed by atoms with E-state index in [0.717, 1.165) is 0 Å². The summed E-state index contributed by atoms with van der Waals surface area (Å²) in [5.74, 6) is 0.194. The van der Waals surface area contributed by atoms with Crippen molar-refractivity contribution in [1.29, 1.82) is 0 Å². The van der Waals surface area contributed by atoms with Gasteiger partial charge in [0.1, 0.15) is 0 Å². The number of hydrogen-bond donors (Lipinski definition) is 2. The minimum atomic E-state index is -0.346. The number of carbonyl (C=O) groups excluding carboxylic acids is 1. The first-order valence-corrected chi connectivity index (χ1v) is 4.37. The van der Waals surface area contributed by atoms with E-state index in [2.05, 4.69) is 5.32 Å². The fourth-order valence-corrected chi connectivity index (χ4v) is 1.44. The Balaban J connectivity index is 2.55. The Morgan fingerprint density at radius 1 is 1.50 bits per heavy atom. The van der Waals surface area contributed by atoms with Crippen LogP contribution in [0.15, 0.2) is 0 Å². The molecule has 3 heteroatoms. The number of Topliss-reactive ketones (excluding diaryl/α,β-unsaturated/α-hetero) is 1. The molecule has 0 spiro atoms. The summed E-state index contributed by atoms with van der Waals surface area (Å²) in [7, 11) is 0. The van der Waals surface area contributed by atoms with E-state index in [0.29, 0.717) is 13.0 Å². The van der Waals surface area contributed by atoms with E-state index in [-0.39, 0.29) is 23.3 Å². The van der Waals surface area contributed by atoms with Crippen molar-refractivity contribution in [3.05, 3.63) is 0 Å². The van der Waals surface area contributed by atoms with E-state index >= 15 is 0 Å². The maximum absolute atomic E-state index is 11.6. The first-order valence-electron chi connectivity index (χ1n) is 4.37. The zero-order valence-corrected chi connectivity index (χ0v) is 7.92. The van der Waals surface area contributed by atoms with Crippen molar-refractivity contribution in [2.75, 3.05) is 6.54 Å². The number of hydrogen-bond acceptors (Lipinski definition) is 3. The van der Waals surface area contributed by atoms with Crippen LogP contribution in [0.2, 0.25) is 0 Å². The minimum absolute atomic E-state index is 0.139. The molecule has 0 aromatic carbocycles. The zero-order chi connectivity index (χ0) is 9.35. The van der Waals surface area contributed by atoms with Crippen molar-refractivity contribution < 1.29 is 9.90 Å². The zero-order valence-electron chi connectivity index (χ0n) is 7.92. The highest BCUT2D eigenvalue weighted by atomic mass is 16.3. The second-order valence-electron chi connectivity index (χ2n) is 4.46. The normalized spacial score (nSPS) is 30.7. The average Bonchev–Trinajstić information content (AvgIpc) is 2.32. The van der Waals surface area contributed by atoms with Crippen LogP contribution in [0.25, 0.3) is 0 Å². The monoisotopic (exact) mass is 171 g/mol. The van der Waals surface area contributed by atoms with Gasteiger partial charge in [-0.1, -0.05) is 20.8 Å². The van der Waals surface area contributed by atoms with E-state index in [9.17, 15) is 9.90 Å². The molecule has 12 heavy (non-hydrogen) atoms. The lowest BCUT2D eigenvalue weighted by atomic mass is 9.86. The Hall–Kier alpha value is -0.410. The molecule has 1 rings (SSSR count). The van der Waals surface area contributed by atoms with Crippen LogP contribution < -0.4 is 5.32 Å². The van der Waals surface area contributed by atoms with Crippen LogP contribution in [0.3, 0.4) is 0 Å². The standard InChI is InChI=1S/C9H17NO2/c1-9(2,3)8(12)7-4-6(11)5-10-7/h6-7,10-11H,4-5H2,1-3H3. The minimum Gasteiger partial charge on any atom is -0.392 e. The SMILES string of the molecule is CC(C)(C)C(=O)C1CC(O)CN1. The summed E-state index contributed by atoms with van der Waals surface area (Å²) in [6, 6.07) is -0.139. The third-order valence-electron chi connectivity index (χ3n) is 2.16. The van der Waals surface area contributed by atoms with Gasteiger partial charge in [0, 0.05) is 12.0 Å². The number of β-amino-alcohol motifs (C(OH)–C–C–N with tert-alkyl or cyclic N) is 1. The smallest absolute Gasteiger partial charge is 0.155 e. The highest BCUT2D eigenvalue weighted by molar-refractivity contribution is 5.89. The lowest BCUT2D eigenvalue weighted by Crippen LogP contribution is -2.38. The van der Waals surface area contributed by atoms with Crippen LogP contribution in [0.1, 0.15) is 27.2 Å². The molecule has 0 aliphatic carbocycles. The fourth-order valence-electron chi connectivity index (χ4n) is 1.44. The molecule has 0 bridgehead atoms. The highest BCUT2D eigenvalue weighted by Crippen LogP contribution is 2.21. The highest BCUT2D eigenvalue weighted by Gasteiger charge is 2.34. The summed E-state index contributed by atoms with van der Waals surface area (Å²) in [6.07, 6.45) is 0.220.